The molecule has 116 valence electrons. The summed E-state index contributed by atoms with van der Waals surface area (Å²) in [4.78, 5) is 15.1. The first-order valence-corrected chi connectivity index (χ1v) is 8.72. The maximum atomic E-state index is 12.3. The van der Waals surface area contributed by atoms with Crippen LogP contribution in [0.25, 0.3) is 0 Å². The second kappa shape index (κ2) is 6.97. The highest BCUT2D eigenvalue weighted by atomic mass is 32.1. The van der Waals surface area contributed by atoms with Crippen LogP contribution in [0.1, 0.15) is 35.0 Å². The van der Waals surface area contributed by atoms with E-state index >= 15 is 0 Å². The smallest absolute Gasteiger partial charge is 0.263 e. The van der Waals surface area contributed by atoms with Gasteiger partial charge in [0.05, 0.1) is 4.88 Å². The third kappa shape index (κ3) is 3.50. The van der Waals surface area contributed by atoms with E-state index in [2.05, 4.69) is 19.1 Å². The van der Waals surface area contributed by atoms with Crippen molar-refractivity contribution in [3.8, 4) is 5.75 Å². The van der Waals surface area contributed by atoms with Gasteiger partial charge in [-0.25, -0.2) is 0 Å². The number of benzene rings is 1. The summed E-state index contributed by atoms with van der Waals surface area (Å²) in [5.41, 5.74) is 1.29. The number of ether oxygens (including phenoxy) is 1. The maximum absolute atomic E-state index is 12.3. The van der Waals surface area contributed by atoms with Gasteiger partial charge in [-0.1, -0.05) is 25.1 Å². The summed E-state index contributed by atoms with van der Waals surface area (Å²) in [6.07, 6.45) is 3.02. The van der Waals surface area contributed by atoms with Crippen LogP contribution in [-0.2, 0) is 6.42 Å². The number of hydrogen-bond donors (Lipinski definition) is 0. The Balaban J connectivity index is 1.54. The molecule has 0 aliphatic carbocycles. The van der Waals surface area contributed by atoms with Crippen molar-refractivity contribution in [3.63, 3.8) is 0 Å². The van der Waals surface area contributed by atoms with Crippen molar-refractivity contribution >= 4 is 17.2 Å². The highest BCUT2D eigenvalue weighted by molar-refractivity contribution is 7.12. The molecular weight excluding hydrogens is 294 g/mol. The van der Waals surface area contributed by atoms with Crippen LogP contribution in [-0.4, -0.2) is 30.0 Å². The van der Waals surface area contributed by atoms with Crippen molar-refractivity contribution in [1.82, 2.24) is 4.90 Å². The molecule has 0 spiro atoms. The lowest BCUT2D eigenvalue weighted by molar-refractivity contribution is 0.0600. The zero-order valence-corrected chi connectivity index (χ0v) is 13.6. The van der Waals surface area contributed by atoms with E-state index in [0.29, 0.717) is 0 Å². The molecule has 0 unspecified atom stereocenters. The van der Waals surface area contributed by atoms with Gasteiger partial charge in [-0.3, -0.25) is 4.79 Å². The molecule has 22 heavy (non-hydrogen) atoms. The topological polar surface area (TPSA) is 29.5 Å². The zero-order chi connectivity index (χ0) is 15.4. The predicted octanol–water partition coefficient (Wildman–Crippen LogP) is 3.99. The molecule has 0 saturated carbocycles. The van der Waals surface area contributed by atoms with E-state index in [1.165, 1.54) is 16.9 Å². The van der Waals surface area contributed by atoms with E-state index in [9.17, 15) is 4.79 Å². The molecule has 1 amide bonds. The molecule has 0 N–H and O–H groups in total. The van der Waals surface area contributed by atoms with Crippen molar-refractivity contribution in [1.29, 1.82) is 0 Å². The van der Waals surface area contributed by atoms with Crippen LogP contribution in [0.4, 0.5) is 0 Å². The number of aryl methyl sites for hydroxylation is 1. The molecule has 4 heteroatoms. The Hall–Kier alpha value is -1.81. The highest BCUT2D eigenvalue weighted by Crippen LogP contribution is 2.22. The lowest BCUT2D eigenvalue weighted by Crippen LogP contribution is -2.41. The number of nitrogens with zero attached hydrogens (tertiary/aromatic N) is 1. The van der Waals surface area contributed by atoms with Crippen molar-refractivity contribution in [2.45, 2.75) is 32.3 Å². The minimum absolute atomic E-state index is 0.154. The van der Waals surface area contributed by atoms with E-state index in [1.54, 1.807) is 0 Å². The molecule has 0 bridgehead atoms. The monoisotopic (exact) mass is 315 g/mol. The van der Waals surface area contributed by atoms with E-state index in [0.717, 1.165) is 43.0 Å². The lowest BCUT2D eigenvalue weighted by Gasteiger charge is -2.32. The van der Waals surface area contributed by atoms with Crippen molar-refractivity contribution in [3.05, 3.63) is 52.2 Å². The highest BCUT2D eigenvalue weighted by Gasteiger charge is 2.25. The van der Waals surface area contributed by atoms with Gasteiger partial charge in [-0.15, -0.1) is 11.3 Å². The van der Waals surface area contributed by atoms with Gasteiger partial charge in [0.1, 0.15) is 11.9 Å². The Morgan fingerprint density at radius 2 is 2.09 bits per heavy atom. The van der Waals surface area contributed by atoms with Gasteiger partial charge in [0, 0.05) is 25.9 Å². The Bertz CT molecular complexity index is 616. The number of hydrogen-bond acceptors (Lipinski definition) is 3. The Morgan fingerprint density at radius 3 is 2.77 bits per heavy atom. The molecule has 0 radical (unpaired) electrons. The molecule has 1 aromatic heterocycles. The number of amides is 1. The molecule has 2 aromatic rings. The molecule has 1 fully saturated rings. The number of piperidine rings is 1. The molecule has 1 aliphatic heterocycles. The molecule has 1 aliphatic rings. The molecule has 2 heterocycles. The fourth-order valence-corrected chi connectivity index (χ4v) is 3.45. The number of thiophene rings is 1. The van der Waals surface area contributed by atoms with Crippen LogP contribution in [0, 0.1) is 0 Å². The number of rotatable bonds is 4. The Labute approximate surface area is 135 Å². The number of carbonyl (C=O) groups excluding carboxylic acids is 1. The standard InChI is InChI=1S/C18H21NO2S/c1-2-14-5-3-6-16(13-14)21-15-8-10-19(11-9-15)18(20)17-7-4-12-22-17/h3-7,12-13,15H,2,8-11H2,1H3. The summed E-state index contributed by atoms with van der Waals surface area (Å²) in [5.74, 6) is 1.10. The van der Waals surface area contributed by atoms with Gasteiger partial charge in [-0.2, -0.15) is 0 Å². The van der Waals surface area contributed by atoms with Gasteiger partial charge in [-0.05, 0) is 35.6 Å². The predicted molar refractivity (Wildman–Crippen MR) is 89.7 cm³/mol. The normalized spacial score (nSPS) is 15.8. The van der Waals surface area contributed by atoms with Crippen molar-refractivity contribution in [2.24, 2.45) is 0 Å². The van der Waals surface area contributed by atoms with Crippen molar-refractivity contribution < 1.29 is 9.53 Å². The fraction of sp³-hybridized carbons (Fsp3) is 0.389. The van der Waals surface area contributed by atoms with Crippen LogP contribution >= 0.6 is 11.3 Å². The van der Waals surface area contributed by atoms with Crippen molar-refractivity contribution in [2.75, 3.05) is 13.1 Å². The summed E-state index contributed by atoms with van der Waals surface area (Å²) < 4.78 is 6.08. The second-order valence-electron chi connectivity index (χ2n) is 5.59. The second-order valence-corrected chi connectivity index (χ2v) is 6.54. The largest absolute Gasteiger partial charge is 0.490 e. The first-order chi connectivity index (χ1) is 10.8. The lowest BCUT2D eigenvalue weighted by atomic mass is 10.1. The average molecular weight is 315 g/mol. The van der Waals surface area contributed by atoms with Crippen LogP contribution in [0.2, 0.25) is 0 Å². The summed E-state index contributed by atoms with van der Waals surface area (Å²) in [5, 5.41) is 1.95. The van der Waals surface area contributed by atoms with Gasteiger partial charge in [0.15, 0.2) is 0 Å². The molecule has 1 aromatic carbocycles. The van der Waals surface area contributed by atoms with E-state index in [1.807, 2.05) is 34.5 Å². The fourth-order valence-electron chi connectivity index (χ4n) is 2.76. The number of carbonyl (C=O) groups is 1. The van der Waals surface area contributed by atoms with Crippen LogP contribution < -0.4 is 4.74 Å². The minimum Gasteiger partial charge on any atom is -0.490 e. The van der Waals surface area contributed by atoms with Gasteiger partial charge < -0.3 is 9.64 Å². The van der Waals surface area contributed by atoms with E-state index in [-0.39, 0.29) is 12.0 Å². The summed E-state index contributed by atoms with van der Waals surface area (Å²) >= 11 is 1.51. The SMILES string of the molecule is CCc1cccc(OC2CCN(C(=O)c3cccs3)CC2)c1. The first kappa shape index (κ1) is 15.1. The van der Waals surface area contributed by atoms with Gasteiger partial charge >= 0.3 is 0 Å². The molecule has 0 atom stereocenters. The molecule has 3 nitrogen and oxygen atoms in total. The molecule has 1 saturated heterocycles. The average Bonchev–Trinajstić information content (AvgIpc) is 3.09. The maximum Gasteiger partial charge on any atom is 0.263 e. The zero-order valence-electron chi connectivity index (χ0n) is 12.8. The Morgan fingerprint density at radius 1 is 1.27 bits per heavy atom. The quantitative estimate of drug-likeness (QED) is 0.853. The Kier molecular flexibility index (Phi) is 4.78. The van der Waals surface area contributed by atoms with E-state index in [4.69, 9.17) is 4.74 Å². The van der Waals surface area contributed by atoms with Crippen LogP contribution in [0.15, 0.2) is 41.8 Å². The van der Waals surface area contributed by atoms with Crippen LogP contribution in [0.5, 0.6) is 5.75 Å². The summed E-state index contributed by atoms with van der Waals surface area (Å²) in [6.45, 7) is 3.69. The van der Waals surface area contributed by atoms with Crippen LogP contribution in [0.3, 0.4) is 0 Å². The minimum atomic E-state index is 0.154. The molecule has 3 rings (SSSR count). The van der Waals surface area contributed by atoms with E-state index < -0.39 is 0 Å². The third-order valence-electron chi connectivity index (χ3n) is 4.07. The third-order valence-corrected chi connectivity index (χ3v) is 4.93. The summed E-state index contributed by atoms with van der Waals surface area (Å²) in [7, 11) is 0. The molecular formula is C18H21NO2S. The summed E-state index contributed by atoms with van der Waals surface area (Å²) in [6, 6.07) is 12.1. The van der Waals surface area contributed by atoms with Gasteiger partial charge in [0.2, 0.25) is 0 Å². The van der Waals surface area contributed by atoms with Gasteiger partial charge in [0.25, 0.3) is 5.91 Å². The number of likely N-dealkylation sites (tertiary alicyclic amines) is 1. The first-order valence-electron chi connectivity index (χ1n) is 7.84.